The number of nitrogens with zero attached hydrogens (tertiary/aromatic N) is 3. The van der Waals surface area contributed by atoms with E-state index in [0.717, 1.165) is 42.0 Å². The van der Waals surface area contributed by atoms with E-state index in [0.29, 0.717) is 30.2 Å². The number of rotatable bonds is 8. The van der Waals surface area contributed by atoms with Gasteiger partial charge in [0.05, 0.1) is 6.54 Å². The molecule has 1 atom stereocenters. The number of carbonyl (C=O) groups is 1. The second-order valence-corrected chi connectivity index (χ2v) is 9.28. The van der Waals surface area contributed by atoms with Gasteiger partial charge in [0.25, 0.3) is 0 Å². The molecule has 1 aliphatic rings. The molecule has 4 rings (SSSR count). The molecule has 1 aromatic heterocycles. The molecule has 0 saturated heterocycles. The summed E-state index contributed by atoms with van der Waals surface area (Å²) >= 11 is 0. The first-order chi connectivity index (χ1) is 16.9. The molecule has 0 spiro atoms. The van der Waals surface area contributed by atoms with Crippen LogP contribution in [-0.2, 0) is 17.6 Å². The van der Waals surface area contributed by atoms with Crippen molar-refractivity contribution < 1.29 is 9.53 Å². The second kappa shape index (κ2) is 11.1. The highest BCUT2D eigenvalue weighted by molar-refractivity contribution is 5.96. The van der Waals surface area contributed by atoms with E-state index in [-0.39, 0.29) is 11.8 Å². The normalized spacial score (nSPS) is 15.5. The molecule has 35 heavy (non-hydrogen) atoms. The number of amidine groups is 1. The van der Waals surface area contributed by atoms with Gasteiger partial charge in [-0.3, -0.25) is 14.8 Å². The molecule has 0 fully saturated rings. The lowest BCUT2D eigenvalue weighted by Gasteiger charge is -2.24. The molecule has 0 aliphatic heterocycles. The summed E-state index contributed by atoms with van der Waals surface area (Å²) in [5, 5.41) is 3.07. The van der Waals surface area contributed by atoms with Gasteiger partial charge in [0.15, 0.2) is 0 Å². The van der Waals surface area contributed by atoms with E-state index in [4.69, 9.17) is 10.5 Å². The summed E-state index contributed by atoms with van der Waals surface area (Å²) in [5.41, 5.74) is 11.1. The number of pyridine rings is 1. The van der Waals surface area contributed by atoms with Gasteiger partial charge in [-0.15, -0.1) is 0 Å². The Morgan fingerprint density at radius 3 is 2.77 bits per heavy atom. The smallest absolute Gasteiger partial charge is 0.227 e. The van der Waals surface area contributed by atoms with Crippen molar-refractivity contribution in [3.63, 3.8) is 0 Å². The van der Waals surface area contributed by atoms with E-state index < -0.39 is 0 Å². The molecular formula is C28H33N5O2. The van der Waals surface area contributed by atoms with Crippen molar-refractivity contribution in [1.82, 2.24) is 9.88 Å². The fraction of sp³-hybridized carbons (Fsp3) is 0.321. The number of amides is 1. The third-order valence-corrected chi connectivity index (χ3v) is 6.12. The third kappa shape index (κ3) is 6.67. The molecular weight excluding hydrogens is 438 g/mol. The van der Waals surface area contributed by atoms with Gasteiger partial charge in [0.2, 0.25) is 5.91 Å². The maximum absolute atomic E-state index is 12.9. The molecule has 0 radical (unpaired) electrons. The van der Waals surface area contributed by atoms with Gasteiger partial charge >= 0.3 is 0 Å². The number of nitrogens with two attached hydrogens (primary N) is 1. The van der Waals surface area contributed by atoms with Crippen LogP contribution in [0.2, 0.25) is 0 Å². The minimum absolute atomic E-state index is 0.0652. The van der Waals surface area contributed by atoms with Crippen molar-refractivity contribution in [2.24, 2.45) is 16.6 Å². The quantitative estimate of drug-likeness (QED) is 0.380. The number of anilines is 1. The molecule has 182 valence electrons. The molecule has 3 N–H and O–H groups in total. The van der Waals surface area contributed by atoms with Gasteiger partial charge in [0, 0.05) is 30.4 Å². The number of nitrogens with one attached hydrogen (secondary N) is 1. The standard InChI is InChI=1S/C28H33N5O2/c1-19-5-4-6-23(15-19)32-28(34)21-8-7-20-9-10-24(17-22(20)16-21)35-25-11-12-30-26(18-25)27(29)31-13-14-33(2)3/h4-6,9-12,15,17-18,21H,7-8,13-14,16H2,1-3H3,(H2,29,31)(H,32,34). The Labute approximate surface area is 207 Å². The Morgan fingerprint density at radius 2 is 1.97 bits per heavy atom. The number of hydrogen-bond donors (Lipinski definition) is 2. The molecule has 2 aromatic carbocycles. The minimum atomic E-state index is -0.0658. The fourth-order valence-corrected chi connectivity index (χ4v) is 4.19. The van der Waals surface area contributed by atoms with Gasteiger partial charge in [0.1, 0.15) is 23.0 Å². The van der Waals surface area contributed by atoms with Crippen molar-refractivity contribution in [3.8, 4) is 11.5 Å². The Balaban J connectivity index is 1.42. The lowest BCUT2D eigenvalue weighted by atomic mass is 9.83. The van der Waals surface area contributed by atoms with Gasteiger partial charge in [-0.1, -0.05) is 18.2 Å². The number of ether oxygens (including phenoxy) is 1. The van der Waals surface area contributed by atoms with Crippen molar-refractivity contribution in [2.45, 2.75) is 26.2 Å². The first-order valence-corrected chi connectivity index (χ1v) is 12.0. The highest BCUT2D eigenvalue weighted by atomic mass is 16.5. The Morgan fingerprint density at radius 1 is 1.14 bits per heavy atom. The van der Waals surface area contributed by atoms with Crippen LogP contribution in [0.3, 0.4) is 0 Å². The van der Waals surface area contributed by atoms with E-state index in [9.17, 15) is 4.79 Å². The molecule has 0 saturated carbocycles. The van der Waals surface area contributed by atoms with Crippen LogP contribution in [0.15, 0.2) is 65.8 Å². The highest BCUT2D eigenvalue weighted by Gasteiger charge is 2.25. The topological polar surface area (TPSA) is 92.8 Å². The number of fused-ring (bicyclic) bond motifs is 1. The number of aromatic nitrogens is 1. The summed E-state index contributed by atoms with van der Waals surface area (Å²) in [6.07, 6.45) is 4.08. The predicted octanol–water partition coefficient (Wildman–Crippen LogP) is 4.19. The maximum atomic E-state index is 12.9. The number of hydrogen-bond acceptors (Lipinski definition) is 5. The molecule has 1 aliphatic carbocycles. The van der Waals surface area contributed by atoms with Crippen LogP contribution < -0.4 is 15.8 Å². The summed E-state index contributed by atoms with van der Waals surface area (Å²) in [6, 6.07) is 17.6. The first-order valence-electron chi connectivity index (χ1n) is 12.0. The van der Waals surface area contributed by atoms with Crippen molar-refractivity contribution >= 4 is 17.4 Å². The Kier molecular flexibility index (Phi) is 7.77. The van der Waals surface area contributed by atoms with Crippen LogP contribution in [0.25, 0.3) is 0 Å². The molecule has 1 heterocycles. The van der Waals surface area contributed by atoms with Crippen LogP contribution in [0.5, 0.6) is 11.5 Å². The van der Waals surface area contributed by atoms with Gasteiger partial charge < -0.3 is 20.7 Å². The summed E-state index contributed by atoms with van der Waals surface area (Å²) in [4.78, 5) is 23.7. The average molecular weight is 472 g/mol. The fourth-order valence-electron chi connectivity index (χ4n) is 4.19. The Bertz CT molecular complexity index is 1220. The van der Waals surface area contributed by atoms with Crippen LogP contribution >= 0.6 is 0 Å². The number of likely N-dealkylation sites (N-methyl/N-ethyl adjacent to an activating group) is 1. The Hall–Kier alpha value is -3.71. The highest BCUT2D eigenvalue weighted by Crippen LogP contribution is 2.31. The van der Waals surface area contributed by atoms with Crippen LogP contribution in [-0.4, -0.2) is 48.8 Å². The van der Waals surface area contributed by atoms with Gasteiger partial charge in [-0.2, -0.15) is 0 Å². The maximum Gasteiger partial charge on any atom is 0.227 e. The molecule has 7 nitrogen and oxygen atoms in total. The summed E-state index contributed by atoms with van der Waals surface area (Å²) < 4.78 is 6.12. The summed E-state index contributed by atoms with van der Waals surface area (Å²) in [6.45, 7) is 3.44. The second-order valence-electron chi connectivity index (χ2n) is 9.28. The third-order valence-electron chi connectivity index (χ3n) is 6.12. The van der Waals surface area contributed by atoms with E-state index in [1.54, 1.807) is 18.3 Å². The van der Waals surface area contributed by atoms with Gasteiger partial charge in [-0.05, 0) is 87.3 Å². The zero-order valence-electron chi connectivity index (χ0n) is 20.6. The summed E-state index contributed by atoms with van der Waals surface area (Å²) in [7, 11) is 3.99. The van der Waals surface area contributed by atoms with E-state index in [2.05, 4.69) is 26.3 Å². The zero-order valence-corrected chi connectivity index (χ0v) is 20.6. The zero-order chi connectivity index (χ0) is 24.8. The van der Waals surface area contributed by atoms with Crippen LogP contribution in [0, 0.1) is 12.8 Å². The molecule has 3 aromatic rings. The number of aliphatic imine (C=N–C) groups is 1. The largest absolute Gasteiger partial charge is 0.457 e. The first kappa shape index (κ1) is 24.4. The van der Waals surface area contributed by atoms with Crippen molar-refractivity contribution in [3.05, 3.63) is 83.2 Å². The van der Waals surface area contributed by atoms with Crippen LogP contribution in [0.4, 0.5) is 5.69 Å². The lowest BCUT2D eigenvalue weighted by Crippen LogP contribution is -2.28. The monoisotopic (exact) mass is 471 g/mol. The van der Waals surface area contributed by atoms with Crippen molar-refractivity contribution in [2.75, 3.05) is 32.5 Å². The van der Waals surface area contributed by atoms with E-state index >= 15 is 0 Å². The van der Waals surface area contributed by atoms with E-state index in [1.165, 1.54) is 5.56 Å². The average Bonchev–Trinajstić information content (AvgIpc) is 2.83. The molecule has 0 bridgehead atoms. The number of benzene rings is 2. The predicted molar refractivity (Wildman–Crippen MR) is 140 cm³/mol. The molecule has 1 amide bonds. The van der Waals surface area contributed by atoms with Crippen LogP contribution in [0.1, 0.15) is 28.8 Å². The van der Waals surface area contributed by atoms with Crippen molar-refractivity contribution in [1.29, 1.82) is 0 Å². The molecule has 1 unspecified atom stereocenters. The minimum Gasteiger partial charge on any atom is -0.457 e. The van der Waals surface area contributed by atoms with E-state index in [1.807, 2.05) is 57.4 Å². The number of aryl methyl sites for hydroxylation is 2. The van der Waals surface area contributed by atoms with Gasteiger partial charge in [-0.25, -0.2) is 0 Å². The molecule has 7 heteroatoms. The SMILES string of the molecule is Cc1cccc(NC(=O)C2CCc3ccc(Oc4ccnc(C(N)=NCCN(C)C)c4)cc3C2)c1. The lowest BCUT2D eigenvalue weighted by molar-refractivity contribution is -0.120. The summed E-state index contributed by atoms with van der Waals surface area (Å²) in [5.74, 6) is 1.76. The number of carbonyl (C=O) groups excluding carboxylic acids is 1.